The molecular weight excluding hydrogens is 292 g/mol. The van der Waals surface area contributed by atoms with Crippen molar-refractivity contribution < 1.29 is 9.32 Å². The molecule has 1 amide bonds. The van der Waals surface area contributed by atoms with Gasteiger partial charge in [0.05, 0.1) is 0 Å². The molecule has 23 heavy (non-hydrogen) atoms. The summed E-state index contributed by atoms with van der Waals surface area (Å²) in [7, 11) is 0. The topological polar surface area (TPSA) is 80.9 Å². The molecule has 2 heterocycles. The van der Waals surface area contributed by atoms with Crippen molar-refractivity contribution in [3.8, 4) is 11.4 Å². The normalized spacial score (nSPS) is 10.8. The third-order valence-corrected chi connectivity index (χ3v) is 3.05. The number of pyridine rings is 1. The third kappa shape index (κ3) is 3.88. The van der Waals surface area contributed by atoms with Gasteiger partial charge in [-0.1, -0.05) is 17.3 Å². The zero-order valence-corrected chi connectivity index (χ0v) is 12.4. The molecule has 0 fully saturated rings. The summed E-state index contributed by atoms with van der Waals surface area (Å²) in [5.41, 5.74) is 2.35. The van der Waals surface area contributed by atoms with Gasteiger partial charge in [-0.3, -0.25) is 9.78 Å². The van der Waals surface area contributed by atoms with Crippen LogP contribution < -0.4 is 5.32 Å². The summed E-state index contributed by atoms with van der Waals surface area (Å²) in [5.74, 6) is 0.768. The lowest BCUT2D eigenvalue weighted by molar-refractivity contribution is -0.111. The molecule has 0 radical (unpaired) electrons. The van der Waals surface area contributed by atoms with E-state index < -0.39 is 0 Å². The quantitative estimate of drug-likeness (QED) is 0.749. The Morgan fingerprint density at radius 1 is 1.22 bits per heavy atom. The van der Waals surface area contributed by atoms with Crippen LogP contribution in [0.4, 0.5) is 5.69 Å². The van der Waals surface area contributed by atoms with Gasteiger partial charge in [0, 0.05) is 36.6 Å². The van der Waals surface area contributed by atoms with E-state index in [4.69, 9.17) is 4.52 Å². The number of nitrogens with zero attached hydrogens (tertiary/aromatic N) is 3. The molecule has 0 saturated heterocycles. The molecule has 6 heteroatoms. The molecule has 0 aliphatic carbocycles. The van der Waals surface area contributed by atoms with Gasteiger partial charge in [0.1, 0.15) is 0 Å². The number of hydrogen-bond donors (Lipinski definition) is 1. The van der Waals surface area contributed by atoms with Gasteiger partial charge in [0.15, 0.2) is 0 Å². The van der Waals surface area contributed by atoms with Gasteiger partial charge >= 0.3 is 0 Å². The van der Waals surface area contributed by atoms with Gasteiger partial charge in [-0.05, 0) is 35.9 Å². The summed E-state index contributed by atoms with van der Waals surface area (Å²) in [6.07, 6.45) is 6.55. The lowest BCUT2D eigenvalue weighted by Gasteiger charge is -2.03. The number of anilines is 1. The predicted molar refractivity (Wildman–Crippen MR) is 86.4 cm³/mol. The number of amides is 1. The van der Waals surface area contributed by atoms with E-state index in [1.54, 1.807) is 37.5 Å². The molecule has 6 nitrogen and oxygen atoms in total. The molecule has 1 aromatic carbocycles. The first-order valence-corrected chi connectivity index (χ1v) is 7.00. The van der Waals surface area contributed by atoms with Crippen molar-refractivity contribution in [1.29, 1.82) is 0 Å². The highest BCUT2D eigenvalue weighted by Gasteiger charge is 2.07. The van der Waals surface area contributed by atoms with E-state index >= 15 is 0 Å². The predicted octanol–water partition coefficient (Wildman–Crippen LogP) is 3.09. The maximum atomic E-state index is 12.0. The number of carbonyl (C=O) groups is 1. The van der Waals surface area contributed by atoms with E-state index in [1.807, 2.05) is 24.3 Å². The third-order valence-electron chi connectivity index (χ3n) is 3.05. The van der Waals surface area contributed by atoms with Crippen molar-refractivity contribution in [3.63, 3.8) is 0 Å². The van der Waals surface area contributed by atoms with Gasteiger partial charge in [-0.15, -0.1) is 0 Å². The van der Waals surface area contributed by atoms with Gasteiger partial charge < -0.3 is 9.84 Å². The molecule has 3 rings (SSSR count). The summed E-state index contributed by atoms with van der Waals surface area (Å²) in [5, 5.41) is 6.67. The minimum absolute atomic E-state index is 0.219. The fourth-order valence-corrected chi connectivity index (χ4v) is 1.98. The van der Waals surface area contributed by atoms with Crippen LogP contribution in [0, 0.1) is 6.92 Å². The van der Waals surface area contributed by atoms with Crippen LogP contribution in [0.1, 0.15) is 11.5 Å². The number of aryl methyl sites for hydroxylation is 1. The second-order valence-corrected chi connectivity index (χ2v) is 4.82. The van der Waals surface area contributed by atoms with E-state index in [9.17, 15) is 4.79 Å². The van der Waals surface area contributed by atoms with E-state index in [-0.39, 0.29) is 5.91 Å². The number of nitrogens with one attached hydrogen (secondary N) is 1. The Labute approximate surface area is 132 Å². The van der Waals surface area contributed by atoms with Crippen molar-refractivity contribution in [3.05, 3.63) is 66.3 Å². The minimum atomic E-state index is -0.219. The highest BCUT2D eigenvalue weighted by Crippen LogP contribution is 2.20. The first-order chi connectivity index (χ1) is 11.2. The fraction of sp³-hybridized carbons (Fsp3) is 0.0588. The largest absolute Gasteiger partial charge is 0.339 e. The van der Waals surface area contributed by atoms with E-state index in [0.29, 0.717) is 17.4 Å². The standard InChI is InChI=1S/C17H14N4O2/c1-12-19-17(21-23-12)14-3-2-4-15(11-14)20-16(22)6-5-13-7-9-18-10-8-13/h2-11H,1H3,(H,20,22). The van der Waals surface area contributed by atoms with Gasteiger partial charge in [0.2, 0.25) is 17.6 Å². The van der Waals surface area contributed by atoms with Crippen molar-refractivity contribution >= 4 is 17.7 Å². The molecule has 114 valence electrons. The molecule has 0 unspecified atom stereocenters. The lowest BCUT2D eigenvalue weighted by atomic mass is 10.2. The second-order valence-electron chi connectivity index (χ2n) is 4.82. The maximum absolute atomic E-state index is 12.0. The van der Waals surface area contributed by atoms with Gasteiger partial charge in [-0.2, -0.15) is 4.98 Å². The first-order valence-electron chi connectivity index (χ1n) is 7.00. The number of hydrogen-bond acceptors (Lipinski definition) is 5. The smallest absolute Gasteiger partial charge is 0.248 e. The van der Waals surface area contributed by atoms with Crippen LogP contribution in [0.3, 0.4) is 0 Å². The Kier molecular flexibility index (Phi) is 4.24. The molecule has 0 bridgehead atoms. The Morgan fingerprint density at radius 2 is 2.04 bits per heavy atom. The Balaban J connectivity index is 1.70. The number of rotatable bonds is 4. The molecule has 0 saturated carbocycles. The van der Waals surface area contributed by atoms with E-state index in [2.05, 4.69) is 20.4 Å². The Hall–Kier alpha value is -3.28. The number of carbonyl (C=O) groups excluding carboxylic acids is 1. The molecule has 0 atom stereocenters. The molecule has 1 N–H and O–H groups in total. The first kappa shape index (κ1) is 14.6. The summed E-state index contributed by atoms with van der Waals surface area (Å²) in [6.45, 7) is 1.73. The molecular formula is C17H14N4O2. The van der Waals surface area contributed by atoms with Crippen molar-refractivity contribution in [2.45, 2.75) is 6.92 Å². The maximum Gasteiger partial charge on any atom is 0.248 e. The van der Waals surface area contributed by atoms with Crippen molar-refractivity contribution in [1.82, 2.24) is 15.1 Å². The van der Waals surface area contributed by atoms with Gasteiger partial charge in [0.25, 0.3) is 0 Å². The second kappa shape index (κ2) is 6.65. The van der Waals surface area contributed by atoms with Crippen molar-refractivity contribution in [2.75, 3.05) is 5.32 Å². The van der Waals surface area contributed by atoms with Gasteiger partial charge in [-0.25, -0.2) is 0 Å². The van der Waals surface area contributed by atoms with Crippen LogP contribution >= 0.6 is 0 Å². The summed E-state index contributed by atoms with van der Waals surface area (Å²) >= 11 is 0. The summed E-state index contributed by atoms with van der Waals surface area (Å²) < 4.78 is 4.96. The highest BCUT2D eigenvalue weighted by molar-refractivity contribution is 6.02. The van der Waals surface area contributed by atoms with Crippen molar-refractivity contribution in [2.24, 2.45) is 0 Å². The number of benzene rings is 1. The monoisotopic (exact) mass is 306 g/mol. The van der Waals surface area contributed by atoms with Crippen LogP contribution in [-0.4, -0.2) is 21.0 Å². The average Bonchev–Trinajstić information content (AvgIpc) is 3.01. The Bertz CT molecular complexity index is 841. The fourth-order valence-electron chi connectivity index (χ4n) is 1.98. The lowest BCUT2D eigenvalue weighted by Crippen LogP contribution is -2.07. The average molecular weight is 306 g/mol. The Morgan fingerprint density at radius 3 is 2.78 bits per heavy atom. The zero-order valence-electron chi connectivity index (χ0n) is 12.4. The minimum Gasteiger partial charge on any atom is -0.339 e. The molecule has 0 aliphatic rings. The van der Waals surface area contributed by atoms with E-state index in [1.165, 1.54) is 6.08 Å². The number of aromatic nitrogens is 3. The van der Waals surface area contributed by atoms with E-state index in [0.717, 1.165) is 11.1 Å². The van der Waals surface area contributed by atoms with Crippen LogP contribution in [0.5, 0.6) is 0 Å². The van der Waals surface area contributed by atoms with Crippen LogP contribution in [-0.2, 0) is 4.79 Å². The SMILES string of the molecule is Cc1nc(-c2cccc(NC(=O)C=Cc3ccncc3)c2)no1. The molecule has 0 aliphatic heterocycles. The summed E-state index contributed by atoms with van der Waals surface area (Å²) in [4.78, 5) is 20.1. The highest BCUT2D eigenvalue weighted by atomic mass is 16.5. The summed E-state index contributed by atoms with van der Waals surface area (Å²) in [6, 6.07) is 10.9. The molecule has 0 spiro atoms. The van der Waals surface area contributed by atoms with Crippen LogP contribution in [0.25, 0.3) is 17.5 Å². The van der Waals surface area contributed by atoms with Crippen LogP contribution in [0.2, 0.25) is 0 Å². The van der Waals surface area contributed by atoms with Crippen LogP contribution in [0.15, 0.2) is 59.4 Å². The zero-order chi connectivity index (χ0) is 16.1. The molecule has 3 aromatic rings. The molecule has 2 aromatic heterocycles.